The highest BCUT2D eigenvalue weighted by Crippen LogP contribution is 2.19. The molecule has 0 spiro atoms. The van der Waals surface area contributed by atoms with E-state index in [0.29, 0.717) is 6.54 Å². The number of halogens is 1. The standard InChI is InChI=1S/C7H8ClNS/c8-4-6(5-9)7-2-1-3-10-7/h1-4H,5,9H2. The van der Waals surface area contributed by atoms with Crippen LogP contribution in [0.15, 0.2) is 23.0 Å². The van der Waals surface area contributed by atoms with Gasteiger partial charge in [0, 0.05) is 17.0 Å². The quantitative estimate of drug-likeness (QED) is 0.730. The van der Waals surface area contributed by atoms with Crippen molar-refractivity contribution in [1.82, 2.24) is 0 Å². The number of rotatable bonds is 2. The Hall–Kier alpha value is -0.310. The maximum Gasteiger partial charge on any atom is 0.0323 e. The SMILES string of the molecule is NCC(=CCl)c1cccs1. The molecule has 54 valence electrons. The minimum Gasteiger partial charge on any atom is -0.326 e. The molecular formula is C7H8ClNS. The van der Waals surface area contributed by atoms with Gasteiger partial charge in [-0.3, -0.25) is 0 Å². The van der Waals surface area contributed by atoms with E-state index in [-0.39, 0.29) is 0 Å². The third kappa shape index (κ3) is 1.59. The Morgan fingerprint density at radius 3 is 3.00 bits per heavy atom. The summed E-state index contributed by atoms with van der Waals surface area (Å²) in [6.07, 6.45) is 0. The van der Waals surface area contributed by atoms with Crippen molar-refractivity contribution in [1.29, 1.82) is 0 Å². The van der Waals surface area contributed by atoms with Gasteiger partial charge in [-0.05, 0) is 17.0 Å². The molecule has 0 atom stereocenters. The molecule has 10 heavy (non-hydrogen) atoms. The van der Waals surface area contributed by atoms with Gasteiger partial charge < -0.3 is 5.73 Å². The summed E-state index contributed by atoms with van der Waals surface area (Å²) in [6.45, 7) is 0.504. The fourth-order valence-corrected chi connectivity index (χ4v) is 1.69. The molecule has 1 heterocycles. The number of hydrogen-bond acceptors (Lipinski definition) is 2. The van der Waals surface area contributed by atoms with Crippen LogP contribution in [0.4, 0.5) is 0 Å². The van der Waals surface area contributed by atoms with Crippen LogP contribution in [0.3, 0.4) is 0 Å². The summed E-state index contributed by atoms with van der Waals surface area (Å²) in [5, 5.41) is 2.01. The van der Waals surface area contributed by atoms with E-state index in [1.807, 2.05) is 17.5 Å². The molecule has 1 aromatic heterocycles. The van der Waals surface area contributed by atoms with Crippen molar-refractivity contribution in [3.8, 4) is 0 Å². The van der Waals surface area contributed by atoms with Gasteiger partial charge in [0.15, 0.2) is 0 Å². The lowest BCUT2D eigenvalue weighted by Gasteiger charge is -1.95. The van der Waals surface area contributed by atoms with E-state index in [1.165, 1.54) is 5.54 Å². The molecule has 1 aromatic rings. The van der Waals surface area contributed by atoms with Crippen molar-refractivity contribution in [2.24, 2.45) is 5.73 Å². The fraction of sp³-hybridized carbons (Fsp3) is 0.143. The summed E-state index contributed by atoms with van der Waals surface area (Å²) in [5.41, 5.74) is 7.96. The molecule has 0 saturated carbocycles. The molecule has 0 radical (unpaired) electrons. The highest BCUT2D eigenvalue weighted by molar-refractivity contribution is 7.11. The number of thiophene rings is 1. The van der Waals surface area contributed by atoms with Crippen molar-refractivity contribution < 1.29 is 0 Å². The first-order valence-electron chi connectivity index (χ1n) is 2.91. The maximum atomic E-state index is 5.52. The van der Waals surface area contributed by atoms with Crippen molar-refractivity contribution in [3.05, 3.63) is 27.9 Å². The highest BCUT2D eigenvalue weighted by atomic mass is 35.5. The lowest BCUT2D eigenvalue weighted by atomic mass is 10.2. The highest BCUT2D eigenvalue weighted by Gasteiger charge is 1.97. The Morgan fingerprint density at radius 1 is 1.80 bits per heavy atom. The molecule has 0 fully saturated rings. The molecule has 2 N–H and O–H groups in total. The van der Waals surface area contributed by atoms with Crippen molar-refractivity contribution in [2.75, 3.05) is 6.54 Å². The summed E-state index contributed by atoms with van der Waals surface area (Å²) in [4.78, 5) is 1.15. The van der Waals surface area contributed by atoms with Crippen LogP contribution in [0.5, 0.6) is 0 Å². The third-order valence-corrected chi connectivity index (χ3v) is 2.40. The van der Waals surface area contributed by atoms with Gasteiger partial charge >= 0.3 is 0 Å². The Bertz CT molecular complexity index is 216. The average Bonchev–Trinajstić information content (AvgIpc) is 2.43. The number of hydrogen-bond donors (Lipinski definition) is 1. The second-order valence-electron chi connectivity index (χ2n) is 1.82. The Labute approximate surface area is 69.1 Å². The van der Waals surface area contributed by atoms with Crippen LogP contribution in [-0.4, -0.2) is 6.54 Å². The largest absolute Gasteiger partial charge is 0.326 e. The molecule has 0 aliphatic heterocycles. The molecule has 1 nitrogen and oxygen atoms in total. The van der Waals surface area contributed by atoms with Crippen LogP contribution >= 0.6 is 22.9 Å². The van der Waals surface area contributed by atoms with Crippen molar-refractivity contribution in [2.45, 2.75) is 0 Å². The van der Waals surface area contributed by atoms with Crippen LogP contribution in [0.2, 0.25) is 0 Å². The normalized spacial score (nSPS) is 12.0. The minimum absolute atomic E-state index is 0.504. The maximum absolute atomic E-state index is 5.52. The van der Waals surface area contributed by atoms with Crippen molar-refractivity contribution in [3.63, 3.8) is 0 Å². The predicted molar refractivity (Wildman–Crippen MR) is 47.2 cm³/mol. The smallest absolute Gasteiger partial charge is 0.0323 e. The molecule has 0 bridgehead atoms. The lowest BCUT2D eigenvalue weighted by Crippen LogP contribution is -1.99. The second kappa shape index (κ2) is 3.76. The number of nitrogens with two attached hydrogens (primary N) is 1. The van der Waals surface area contributed by atoms with E-state index in [0.717, 1.165) is 10.5 Å². The molecule has 0 saturated heterocycles. The molecule has 0 aliphatic carbocycles. The molecule has 0 amide bonds. The first-order valence-corrected chi connectivity index (χ1v) is 4.23. The topological polar surface area (TPSA) is 26.0 Å². The van der Waals surface area contributed by atoms with Gasteiger partial charge in [-0.25, -0.2) is 0 Å². The predicted octanol–water partition coefficient (Wildman–Crippen LogP) is 2.29. The fourth-order valence-electron chi connectivity index (χ4n) is 0.660. The van der Waals surface area contributed by atoms with Gasteiger partial charge in [0.2, 0.25) is 0 Å². The van der Waals surface area contributed by atoms with Gasteiger partial charge in [0.25, 0.3) is 0 Å². The van der Waals surface area contributed by atoms with E-state index < -0.39 is 0 Å². The Balaban J connectivity index is 2.85. The summed E-state index contributed by atoms with van der Waals surface area (Å²) in [7, 11) is 0. The van der Waals surface area contributed by atoms with E-state index in [4.69, 9.17) is 17.3 Å². The third-order valence-electron chi connectivity index (χ3n) is 1.19. The van der Waals surface area contributed by atoms with E-state index in [1.54, 1.807) is 11.3 Å². The summed E-state index contributed by atoms with van der Waals surface area (Å²) < 4.78 is 0. The Kier molecular flexibility index (Phi) is 2.93. The van der Waals surface area contributed by atoms with E-state index in [2.05, 4.69) is 0 Å². The minimum atomic E-state index is 0.504. The van der Waals surface area contributed by atoms with Gasteiger partial charge in [-0.1, -0.05) is 17.7 Å². The molecular weight excluding hydrogens is 166 g/mol. The molecule has 0 aromatic carbocycles. The van der Waals surface area contributed by atoms with Gasteiger partial charge in [0.05, 0.1) is 0 Å². The molecule has 3 heteroatoms. The Morgan fingerprint density at radius 2 is 2.60 bits per heavy atom. The second-order valence-corrected chi connectivity index (χ2v) is 2.98. The molecule has 0 unspecified atom stereocenters. The van der Waals surface area contributed by atoms with Gasteiger partial charge in [0.1, 0.15) is 0 Å². The van der Waals surface area contributed by atoms with Crippen LogP contribution < -0.4 is 5.73 Å². The van der Waals surface area contributed by atoms with Gasteiger partial charge in [-0.15, -0.1) is 11.3 Å². The summed E-state index contributed by atoms with van der Waals surface area (Å²) in [6, 6.07) is 3.99. The first-order chi connectivity index (χ1) is 4.88. The molecule has 1 rings (SSSR count). The monoisotopic (exact) mass is 173 g/mol. The zero-order valence-corrected chi connectivity index (χ0v) is 6.95. The van der Waals surface area contributed by atoms with Crippen LogP contribution in [0, 0.1) is 0 Å². The zero-order chi connectivity index (χ0) is 7.40. The lowest BCUT2D eigenvalue weighted by molar-refractivity contribution is 1.28. The molecule has 0 aliphatic rings. The van der Waals surface area contributed by atoms with Crippen LogP contribution in [0.25, 0.3) is 5.57 Å². The van der Waals surface area contributed by atoms with Crippen LogP contribution in [-0.2, 0) is 0 Å². The average molecular weight is 174 g/mol. The van der Waals surface area contributed by atoms with E-state index in [9.17, 15) is 0 Å². The van der Waals surface area contributed by atoms with E-state index >= 15 is 0 Å². The summed E-state index contributed by atoms with van der Waals surface area (Å²) in [5.74, 6) is 0. The summed E-state index contributed by atoms with van der Waals surface area (Å²) >= 11 is 7.17. The zero-order valence-electron chi connectivity index (χ0n) is 5.38. The first kappa shape index (κ1) is 7.79. The van der Waals surface area contributed by atoms with Gasteiger partial charge in [-0.2, -0.15) is 0 Å². The van der Waals surface area contributed by atoms with Crippen LogP contribution in [0.1, 0.15) is 4.88 Å². The van der Waals surface area contributed by atoms with Crippen molar-refractivity contribution >= 4 is 28.5 Å².